The Hall–Kier alpha value is -0.530. The van der Waals surface area contributed by atoms with E-state index in [1.54, 1.807) is 27.7 Å². The van der Waals surface area contributed by atoms with E-state index in [-0.39, 0.29) is 3.92 Å². The van der Waals surface area contributed by atoms with E-state index in [9.17, 15) is 9.59 Å². The van der Waals surface area contributed by atoms with Gasteiger partial charge in [-0.1, -0.05) is 29.5 Å². The maximum Gasteiger partial charge on any atom is 0.408 e. The highest BCUT2D eigenvalue weighted by Gasteiger charge is 2.28. The lowest BCUT2D eigenvalue weighted by molar-refractivity contribution is -0.142. The number of amides is 1. The van der Waals surface area contributed by atoms with Crippen LogP contribution in [0, 0.1) is 0 Å². The number of ether oxygens (including phenoxy) is 2. The van der Waals surface area contributed by atoms with Gasteiger partial charge in [0.05, 0.1) is 7.11 Å². The summed E-state index contributed by atoms with van der Waals surface area (Å²) in [5.74, 6) is -0.479. The van der Waals surface area contributed by atoms with Crippen molar-refractivity contribution in [1.29, 1.82) is 0 Å². The van der Waals surface area contributed by atoms with Crippen LogP contribution in [-0.4, -0.2) is 34.7 Å². The van der Waals surface area contributed by atoms with Crippen molar-refractivity contribution < 1.29 is 19.1 Å². The van der Waals surface area contributed by atoms with E-state index in [2.05, 4.69) is 10.1 Å². The molecule has 94 valence electrons. The molecule has 1 unspecified atom stereocenters. The number of nitrogens with one attached hydrogen (secondary N) is 1. The third-order valence-corrected chi connectivity index (χ3v) is 2.31. The van der Waals surface area contributed by atoms with Crippen molar-refractivity contribution in [2.24, 2.45) is 0 Å². The molecular weight excluding hydrogens is 325 g/mol. The Labute approximate surface area is 109 Å². The summed E-state index contributed by atoms with van der Waals surface area (Å²) >= 11 is 2.04. The minimum Gasteiger partial charge on any atom is -0.467 e. The van der Waals surface area contributed by atoms with Gasteiger partial charge in [-0.25, -0.2) is 9.59 Å². The van der Waals surface area contributed by atoms with E-state index in [1.807, 2.05) is 22.6 Å². The predicted molar refractivity (Wildman–Crippen MR) is 68.7 cm³/mol. The molecule has 6 heteroatoms. The third kappa shape index (κ3) is 6.14. The highest BCUT2D eigenvalue weighted by atomic mass is 127. The number of esters is 1. The number of hydrogen-bond donors (Lipinski definition) is 1. The lowest BCUT2D eigenvalue weighted by Crippen LogP contribution is -2.47. The van der Waals surface area contributed by atoms with E-state index in [4.69, 9.17) is 4.74 Å². The third-order valence-electron chi connectivity index (χ3n) is 1.59. The van der Waals surface area contributed by atoms with Crippen LogP contribution in [-0.2, 0) is 14.3 Å². The van der Waals surface area contributed by atoms with Gasteiger partial charge in [0.15, 0.2) is 0 Å². The monoisotopic (exact) mass is 343 g/mol. The molecule has 0 bridgehead atoms. The minimum absolute atomic E-state index is 0.0856. The van der Waals surface area contributed by atoms with Gasteiger partial charge >= 0.3 is 12.1 Å². The Bertz CT molecular complexity index is 260. The normalized spacial score (nSPS) is 14.9. The van der Waals surface area contributed by atoms with Gasteiger partial charge in [0.1, 0.15) is 11.6 Å². The molecule has 0 aliphatic rings. The second kappa shape index (κ2) is 6.27. The van der Waals surface area contributed by atoms with E-state index in [1.165, 1.54) is 7.11 Å². The minimum atomic E-state index is -0.694. The van der Waals surface area contributed by atoms with Crippen molar-refractivity contribution in [2.75, 3.05) is 7.11 Å². The molecule has 2 atom stereocenters. The first-order chi connectivity index (χ1) is 7.17. The molecule has 0 aliphatic carbocycles. The molecule has 0 heterocycles. The van der Waals surface area contributed by atoms with Crippen LogP contribution >= 0.6 is 22.6 Å². The topological polar surface area (TPSA) is 64.6 Å². The molecule has 0 aromatic heterocycles. The van der Waals surface area contributed by atoms with Gasteiger partial charge in [-0.3, -0.25) is 0 Å². The average molecular weight is 343 g/mol. The summed E-state index contributed by atoms with van der Waals surface area (Å²) in [6.45, 7) is 7.08. The average Bonchev–Trinajstić information content (AvgIpc) is 2.09. The number of halogens is 1. The van der Waals surface area contributed by atoms with Crippen molar-refractivity contribution in [3.05, 3.63) is 0 Å². The number of alkyl carbamates (subject to hydrolysis) is 1. The van der Waals surface area contributed by atoms with Crippen LogP contribution < -0.4 is 5.32 Å². The van der Waals surface area contributed by atoms with E-state index in [0.29, 0.717) is 0 Å². The molecule has 0 aliphatic heterocycles. The summed E-state index contributed by atoms with van der Waals surface area (Å²) in [6, 6.07) is -0.694. The standard InChI is InChI=1S/C10H18INO4/c1-6(11)7(8(13)15-5)12-9(14)16-10(2,3)4/h6-7H,1-5H3,(H,12,14)/t6?,7-/m1/s1. The van der Waals surface area contributed by atoms with Gasteiger partial charge in [-0.15, -0.1) is 0 Å². The number of hydrogen-bond acceptors (Lipinski definition) is 4. The van der Waals surface area contributed by atoms with Gasteiger partial charge < -0.3 is 14.8 Å². The highest BCUT2D eigenvalue weighted by molar-refractivity contribution is 14.1. The largest absolute Gasteiger partial charge is 0.467 e. The van der Waals surface area contributed by atoms with Crippen molar-refractivity contribution in [2.45, 2.75) is 43.3 Å². The Kier molecular flexibility index (Phi) is 6.06. The zero-order valence-electron chi connectivity index (χ0n) is 10.2. The fraction of sp³-hybridized carbons (Fsp3) is 0.800. The van der Waals surface area contributed by atoms with Crippen LogP contribution in [0.3, 0.4) is 0 Å². The maximum atomic E-state index is 11.4. The van der Waals surface area contributed by atoms with Crippen LogP contribution in [0.15, 0.2) is 0 Å². The SMILES string of the molecule is COC(=O)[C@H](NC(=O)OC(C)(C)C)C(C)I. The summed E-state index contributed by atoms with van der Waals surface area (Å²) < 4.78 is 9.56. The molecule has 0 saturated carbocycles. The van der Waals surface area contributed by atoms with Crippen LogP contribution in [0.25, 0.3) is 0 Å². The highest BCUT2D eigenvalue weighted by Crippen LogP contribution is 2.10. The smallest absolute Gasteiger partial charge is 0.408 e. The van der Waals surface area contributed by atoms with Crippen LogP contribution in [0.2, 0.25) is 0 Å². The lowest BCUT2D eigenvalue weighted by atomic mass is 10.2. The maximum absolute atomic E-state index is 11.4. The fourth-order valence-corrected chi connectivity index (χ4v) is 1.40. The van der Waals surface area contributed by atoms with Gasteiger partial charge in [0.2, 0.25) is 0 Å². The van der Waals surface area contributed by atoms with E-state index < -0.39 is 23.7 Å². The lowest BCUT2D eigenvalue weighted by Gasteiger charge is -2.23. The summed E-state index contributed by atoms with van der Waals surface area (Å²) in [7, 11) is 1.28. The zero-order chi connectivity index (χ0) is 12.9. The predicted octanol–water partition coefficient (Wildman–Crippen LogP) is 1.88. The number of rotatable bonds is 3. The number of alkyl halides is 1. The molecule has 0 radical (unpaired) electrons. The molecular formula is C10H18INO4. The van der Waals surface area contributed by atoms with Gasteiger partial charge in [-0.05, 0) is 20.8 Å². The molecule has 0 aromatic rings. The van der Waals surface area contributed by atoms with Gasteiger partial charge in [0, 0.05) is 3.92 Å². The fourth-order valence-electron chi connectivity index (χ4n) is 0.923. The van der Waals surface area contributed by atoms with Crippen molar-refractivity contribution in [3.63, 3.8) is 0 Å². The Morgan fingerprint density at radius 3 is 2.12 bits per heavy atom. The molecule has 0 fully saturated rings. The molecule has 0 saturated heterocycles. The Morgan fingerprint density at radius 1 is 1.31 bits per heavy atom. The van der Waals surface area contributed by atoms with Crippen LogP contribution in [0.4, 0.5) is 4.79 Å². The number of methoxy groups -OCH3 is 1. The Balaban J connectivity index is 4.42. The zero-order valence-corrected chi connectivity index (χ0v) is 12.3. The van der Waals surface area contributed by atoms with Gasteiger partial charge in [0.25, 0.3) is 0 Å². The summed E-state index contributed by atoms with van der Waals surface area (Å²) in [5, 5.41) is 2.48. The molecule has 1 N–H and O–H groups in total. The summed E-state index contributed by atoms with van der Waals surface area (Å²) in [4.78, 5) is 22.8. The second-order valence-electron chi connectivity index (χ2n) is 4.32. The molecule has 0 spiro atoms. The molecule has 1 amide bonds. The van der Waals surface area contributed by atoms with Crippen molar-refractivity contribution in [3.8, 4) is 0 Å². The summed E-state index contributed by atoms with van der Waals surface area (Å²) in [5.41, 5.74) is -0.584. The van der Waals surface area contributed by atoms with Crippen molar-refractivity contribution in [1.82, 2.24) is 5.32 Å². The quantitative estimate of drug-likeness (QED) is 0.483. The first-order valence-electron chi connectivity index (χ1n) is 4.89. The molecule has 0 rings (SSSR count). The van der Waals surface area contributed by atoms with E-state index >= 15 is 0 Å². The number of carbonyl (C=O) groups excluding carboxylic acids is 2. The van der Waals surface area contributed by atoms with E-state index in [0.717, 1.165) is 0 Å². The van der Waals surface area contributed by atoms with Gasteiger partial charge in [-0.2, -0.15) is 0 Å². The van der Waals surface area contributed by atoms with Crippen molar-refractivity contribution >= 4 is 34.7 Å². The molecule has 5 nitrogen and oxygen atoms in total. The van der Waals surface area contributed by atoms with Crippen LogP contribution in [0.5, 0.6) is 0 Å². The van der Waals surface area contributed by atoms with Crippen LogP contribution in [0.1, 0.15) is 27.7 Å². The Morgan fingerprint density at radius 2 is 1.81 bits per heavy atom. The summed E-state index contributed by atoms with van der Waals surface area (Å²) in [6.07, 6.45) is -0.619. The first kappa shape index (κ1) is 15.5. The number of carbonyl (C=O) groups is 2. The second-order valence-corrected chi connectivity index (χ2v) is 6.29. The first-order valence-corrected chi connectivity index (χ1v) is 6.13. The molecule has 16 heavy (non-hydrogen) atoms. The molecule has 0 aromatic carbocycles.